The molecule has 1 rings (SSSR count). The smallest absolute Gasteiger partial charge is 0.410 e. The molecule has 0 atom stereocenters. The average Bonchev–Trinajstić information content (AvgIpc) is 2.51. The van der Waals surface area contributed by atoms with Crippen molar-refractivity contribution in [1.29, 1.82) is 0 Å². The monoisotopic (exact) mass is 469 g/mol. The predicted molar refractivity (Wildman–Crippen MR) is 114 cm³/mol. The van der Waals surface area contributed by atoms with Crippen LogP contribution in [0.5, 0.6) is 0 Å². The van der Waals surface area contributed by atoms with Gasteiger partial charge in [0.05, 0.1) is 0 Å². The van der Waals surface area contributed by atoms with Gasteiger partial charge in [-0.25, -0.2) is 4.79 Å². The van der Waals surface area contributed by atoms with Crippen molar-refractivity contribution in [2.45, 2.75) is 46.6 Å². The van der Waals surface area contributed by atoms with E-state index in [1.54, 1.807) is 4.90 Å². The van der Waals surface area contributed by atoms with Gasteiger partial charge >= 0.3 is 6.09 Å². The summed E-state index contributed by atoms with van der Waals surface area (Å²) in [6.07, 6.45) is 0.838. The quantitative estimate of drug-likeness (QED) is 0.355. The van der Waals surface area contributed by atoms with Crippen LogP contribution in [-0.4, -0.2) is 79.8 Å². The number of nitrogens with one attached hydrogen (secondary N) is 2. The molecule has 0 spiro atoms. The number of piperazine rings is 1. The first-order valence-electron chi connectivity index (χ1n) is 9.08. The summed E-state index contributed by atoms with van der Waals surface area (Å²) in [4.78, 5) is 20.7. The molecule has 1 fully saturated rings. The molecule has 8 heteroatoms. The summed E-state index contributed by atoms with van der Waals surface area (Å²) in [6, 6.07) is 0. The van der Waals surface area contributed by atoms with Crippen molar-refractivity contribution in [2.24, 2.45) is 4.99 Å². The van der Waals surface area contributed by atoms with Crippen LogP contribution in [0.15, 0.2) is 4.99 Å². The Morgan fingerprint density at radius 1 is 1.12 bits per heavy atom. The third-order valence-electron chi connectivity index (χ3n) is 3.58. The number of rotatable bonds is 6. The topological polar surface area (TPSA) is 69.2 Å². The van der Waals surface area contributed by atoms with Crippen molar-refractivity contribution < 1.29 is 9.53 Å². The molecule has 2 N–H and O–H groups in total. The number of carbonyl (C=O) groups is 1. The van der Waals surface area contributed by atoms with Crippen molar-refractivity contribution >= 4 is 36.0 Å². The second kappa shape index (κ2) is 12.6. The number of guanidine groups is 1. The molecule has 0 aromatic heterocycles. The highest BCUT2D eigenvalue weighted by Gasteiger charge is 2.25. The van der Waals surface area contributed by atoms with Crippen LogP contribution in [0.2, 0.25) is 0 Å². The Morgan fingerprint density at radius 3 is 2.28 bits per heavy atom. The lowest BCUT2D eigenvalue weighted by atomic mass is 10.2. The zero-order valence-corrected chi connectivity index (χ0v) is 18.8. The molecule has 25 heavy (non-hydrogen) atoms. The summed E-state index contributed by atoms with van der Waals surface area (Å²) in [5.41, 5.74) is -0.432. The fraction of sp³-hybridized carbons (Fsp3) is 0.882. The maximum Gasteiger partial charge on any atom is 0.410 e. The Hall–Kier alpha value is -0.770. The Morgan fingerprint density at radius 2 is 1.76 bits per heavy atom. The summed E-state index contributed by atoms with van der Waals surface area (Å²) in [6.45, 7) is 16.6. The van der Waals surface area contributed by atoms with Crippen LogP contribution >= 0.6 is 24.0 Å². The van der Waals surface area contributed by atoms with Crippen molar-refractivity contribution in [2.75, 3.05) is 52.4 Å². The van der Waals surface area contributed by atoms with E-state index in [4.69, 9.17) is 4.74 Å². The predicted octanol–water partition coefficient (Wildman–Crippen LogP) is 2.12. The largest absolute Gasteiger partial charge is 0.444 e. The zero-order chi connectivity index (χ0) is 18.0. The van der Waals surface area contributed by atoms with Gasteiger partial charge in [-0.2, -0.15) is 0 Å². The van der Waals surface area contributed by atoms with Crippen LogP contribution in [0.4, 0.5) is 4.79 Å². The van der Waals surface area contributed by atoms with Crippen LogP contribution in [0.25, 0.3) is 0 Å². The Balaban J connectivity index is 0.00000576. The molecule has 1 aliphatic heterocycles. The standard InChI is InChI=1S/C17H35N5O2.HI/c1-6-8-19-15(18-7-2)20-9-10-21-11-13-22(14-12-21)16(23)24-17(3,4)5;/h6-14H2,1-5H3,(H2,18,19,20);1H. The average molecular weight is 469 g/mol. The van der Waals surface area contributed by atoms with Gasteiger partial charge < -0.3 is 20.3 Å². The second-order valence-corrected chi connectivity index (χ2v) is 7.00. The minimum atomic E-state index is -0.432. The van der Waals surface area contributed by atoms with E-state index < -0.39 is 5.60 Å². The van der Waals surface area contributed by atoms with Crippen molar-refractivity contribution in [3.63, 3.8) is 0 Å². The van der Waals surface area contributed by atoms with E-state index >= 15 is 0 Å². The number of nitrogens with zero attached hydrogens (tertiary/aromatic N) is 3. The summed E-state index contributed by atoms with van der Waals surface area (Å²) in [5.74, 6) is 0.881. The molecule has 1 aliphatic rings. The van der Waals surface area contributed by atoms with Gasteiger partial charge in [0.1, 0.15) is 5.60 Å². The third-order valence-corrected chi connectivity index (χ3v) is 3.58. The van der Waals surface area contributed by atoms with Crippen LogP contribution in [-0.2, 0) is 4.74 Å². The zero-order valence-electron chi connectivity index (χ0n) is 16.4. The molecule has 148 valence electrons. The van der Waals surface area contributed by atoms with E-state index in [-0.39, 0.29) is 30.1 Å². The van der Waals surface area contributed by atoms with Gasteiger partial charge in [0, 0.05) is 52.4 Å². The summed E-state index contributed by atoms with van der Waals surface area (Å²) >= 11 is 0. The van der Waals surface area contributed by atoms with E-state index in [1.807, 2.05) is 20.8 Å². The summed E-state index contributed by atoms with van der Waals surface area (Å²) in [7, 11) is 0. The van der Waals surface area contributed by atoms with Crippen LogP contribution in [0, 0.1) is 0 Å². The maximum atomic E-state index is 12.0. The maximum absolute atomic E-state index is 12.0. The molecule has 0 saturated carbocycles. The van der Waals surface area contributed by atoms with E-state index in [0.717, 1.165) is 64.7 Å². The van der Waals surface area contributed by atoms with Gasteiger partial charge in [-0.05, 0) is 34.1 Å². The fourth-order valence-electron chi connectivity index (χ4n) is 2.38. The SMILES string of the molecule is CCCN=C(NCC)NCCN1CCN(C(=O)OC(C)(C)C)CC1.I. The van der Waals surface area contributed by atoms with Gasteiger partial charge in [0.25, 0.3) is 0 Å². The number of ether oxygens (including phenoxy) is 1. The minimum Gasteiger partial charge on any atom is -0.444 e. The van der Waals surface area contributed by atoms with Crippen LogP contribution in [0.1, 0.15) is 41.0 Å². The molecule has 0 aromatic carbocycles. The Bertz CT molecular complexity index is 404. The molecule has 0 aliphatic carbocycles. The van der Waals surface area contributed by atoms with Crippen molar-refractivity contribution in [1.82, 2.24) is 20.4 Å². The minimum absolute atomic E-state index is 0. The van der Waals surface area contributed by atoms with E-state index in [9.17, 15) is 4.79 Å². The highest BCUT2D eigenvalue weighted by Crippen LogP contribution is 2.11. The molecule has 0 unspecified atom stereocenters. The number of carbonyl (C=O) groups excluding carboxylic acids is 1. The normalized spacial score (nSPS) is 16.2. The van der Waals surface area contributed by atoms with Gasteiger partial charge in [-0.3, -0.25) is 9.89 Å². The molecule has 1 amide bonds. The molecular formula is C17H36IN5O2. The van der Waals surface area contributed by atoms with Crippen LogP contribution in [0.3, 0.4) is 0 Å². The first-order valence-corrected chi connectivity index (χ1v) is 9.08. The molecular weight excluding hydrogens is 433 g/mol. The van der Waals surface area contributed by atoms with Crippen molar-refractivity contribution in [3.05, 3.63) is 0 Å². The lowest BCUT2D eigenvalue weighted by molar-refractivity contribution is 0.0147. The van der Waals surface area contributed by atoms with Crippen molar-refractivity contribution in [3.8, 4) is 0 Å². The highest BCUT2D eigenvalue weighted by molar-refractivity contribution is 14.0. The lowest BCUT2D eigenvalue weighted by Gasteiger charge is -2.35. The number of amides is 1. The summed E-state index contributed by atoms with van der Waals surface area (Å²) in [5, 5.41) is 6.61. The molecule has 1 saturated heterocycles. The summed E-state index contributed by atoms with van der Waals surface area (Å²) < 4.78 is 5.42. The van der Waals surface area contributed by atoms with Gasteiger partial charge in [-0.15, -0.1) is 24.0 Å². The van der Waals surface area contributed by atoms with Crippen LogP contribution < -0.4 is 10.6 Å². The first kappa shape index (κ1) is 24.2. The van der Waals surface area contributed by atoms with Gasteiger partial charge in [0.15, 0.2) is 5.96 Å². The first-order chi connectivity index (χ1) is 11.4. The number of aliphatic imine (C=N–C) groups is 1. The van der Waals surface area contributed by atoms with Gasteiger partial charge in [0.2, 0.25) is 0 Å². The van der Waals surface area contributed by atoms with Gasteiger partial charge in [-0.1, -0.05) is 6.92 Å². The lowest BCUT2D eigenvalue weighted by Crippen LogP contribution is -2.51. The second-order valence-electron chi connectivity index (χ2n) is 7.00. The number of halogens is 1. The highest BCUT2D eigenvalue weighted by atomic mass is 127. The molecule has 0 bridgehead atoms. The van der Waals surface area contributed by atoms with E-state index in [0.29, 0.717) is 0 Å². The Labute approximate surface area is 170 Å². The fourth-order valence-corrected chi connectivity index (χ4v) is 2.38. The molecule has 0 aromatic rings. The third kappa shape index (κ3) is 10.7. The van der Waals surface area contributed by atoms with E-state index in [2.05, 4.69) is 34.4 Å². The molecule has 0 radical (unpaired) electrons. The molecule has 7 nitrogen and oxygen atoms in total. The number of hydrogen-bond donors (Lipinski definition) is 2. The number of hydrogen-bond acceptors (Lipinski definition) is 4. The van der Waals surface area contributed by atoms with E-state index in [1.165, 1.54) is 0 Å². The molecule has 1 heterocycles. The Kier molecular flexibility index (Phi) is 12.2.